The minimum Gasteiger partial charge on any atom is -0.480 e. The molecule has 0 aromatic rings. The summed E-state index contributed by atoms with van der Waals surface area (Å²) < 4.78 is 4.97. The minimum atomic E-state index is -1.21. The summed E-state index contributed by atoms with van der Waals surface area (Å²) in [6.45, 7) is -1.73. The number of imide groups is 1. The standard InChI is InChI=1S/C10H12N2O7/c13-7-1-2-8(14)12(7)6-19-5-11(3-9(15)16)4-10(17)18/h1-2H,3-6H2,(H,15,16)(H,17,18). The van der Waals surface area contributed by atoms with Crippen LogP contribution in [-0.4, -0.2) is 70.3 Å². The van der Waals surface area contributed by atoms with Gasteiger partial charge in [-0.15, -0.1) is 0 Å². The second-order valence-corrected chi connectivity index (χ2v) is 3.67. The number of hydrogen-bond donors (Lipinski definition) is 2. The number of carbonyl (C=O) groups excluding carboxylic acids is 2. The molecule has 1 heterocycles. The van der Waals surface area contributed by atoms with Gasteiger partial charge < -0.3 is 14.9 Å². The van der Waals surface area contributed by atoms with E-state index in [-0.39, 0.29) is 13.5 Å². The molecular formula is C10H12N2O7. The molecule has 9 heteroatoms. The highest BCUT2D eigenvalue weighted by Gasteiger charge is 2.23. The molecule has 0 radical (unpaired) electrons. The van der Waals surface area contributed by atoms with E-state index >= 15 is 0 Å². The average molecular weight is 272 g/mol. The smallest absolute Gasteiger partial charge is 0.317 e. The van der Waals surface area contributed by atoms with E-state index in [9.17, 15) is 19.2 Å². The Morgan fingerprint density at radius 2 is 1.58 bits per heavy atom. The maximum absolute atomic E-state index is 11.2. The second kappa shape index (κ2) is 6.61. The van der Waals surface area contributed by atoms with Crippen LogP contribution in [0.4, 0.5) is 0 Å². The molecule has 0 aliphatic carbocycles. The van der Waals surface area contributed by atoms with E-state index in [2.05, 4.69) is 0 Å². The van der Waals surface area contributed by atoms with Gasteiger partial charge in [0, 0.05) is 12.2 Å². The van der Waals surface area contributed by atoms with Crippen molar-refractivity contribution in [3.63, 3.8) is 0 Å². The number of hydrogen-bond acceptors (Lipinski definition) is 6. The zero-order valence-corrected chi connectivity index (χ0v) is 9.81. The van der Waals surface area contributed by atoms with Crippen molar-refractivity contribution in [1.29, 1.82) is 0 Å². The van der Waals surface area contributed by atoms with Crippen molar-refractivity contribution in [2.24, 2.45) is 0 Å². The normalized spacial score (nSPS) is 14.5. The van der Waals surface area contributed by atoms with Crippen molar-refractivity contribution < 1.29 is 34.1 Å². The molecule has 0 saturated heterocycles. The molecule has 19 heavy (non-hydrogen) atoms. The molecule has 1 rings (SSSR count). The van der Waals surface area contributed by atoms with Gasteiger partial charge in [-0.05, 0) is 0 Å². The fourth-order valence-electron chi connectivity index (χ4n) is 1.35. The Labute approximate surface area is 107 Å². The van der Waals surface area contributed by atoms with Gasteiger partial charge in [-0.3, -0.25) is 29.0 Å². The Bertz CT molecular complexity index is 398. The summed E-state index contributed by atoms with van der Waals surface area (Å²) in [4.78, 5) is 45.1. The van der Waals surface area contributed by atoms with E-state index in [1.807, 2.05) is 0 Å². The molecule has 2 N–H and O–H groups in total. The van der Waals surface area contributed by atoms with Gasteiger partial charge in [-0.2, -0.15) is 0 Å². The lowest BCUT2D eigenvalue weighted by Gasteiger charge is -2.20. The molecule has 0 aromatic carbocycles. The number of amides is 2. The second-order valence-electron chi connectivity index (χ2n) is 3.67. The Hall–Kier alpha value is -2.26. The quantitative estimate of drug-likeness (QED) is 0.396. The molecular weight excluding hydrogens is 260 g/mol. The van der Waals surface area contributed by atoms with Gasteiger partial charge in [-0.25, -0.2) is 0 Å². The van der Waals surface area contributed by atoms with Gasteiger partial charge >= 0.3 is 11.9 Å². The third kappa shape index (κ3) is 4.85. The lowest BCUT2D eigenvalue weighted by atomic mass is 10.5. The van der Waals surface area contributed by atoms with Gasteiger partial charge in [-0.1, -0.05) is 0 Å². The Morgan fingerprint density at radius 1 is 1.11 bits per heavy atom. The molecule has 0 aromatic heterocycles. The zero-order valence-electron chi connectivity index (χ0n) is 9.81. The van der Waals surface area contributed by atoms with Gasteiger partial charge in [0.1, 0.15) is 13.5 Å². The molecule has 1 aliphatic rings. The van der Waals surface area contributed by atoms with E-state index in [1.165, 1.54) is 0 Å². The monoisotopic (exact) mass is 272 g/mol. The van der Waals surface area contributed by atoms with Crippen molar-refractivity contribution in [3.8, 4) is 0 Å². The van der Waals surface area contributed by atoms with Gasteiger partial charge in [0.15, 0.2) is 0 Å². The molecule has 0 spiro atoms. The summed E-state index contributed by atoms with van der Waals surface area (Å²) in [5.74, 6) is -3.49. The van der Waals surface area contributed by atoms with Crippen LogP contribution in [-0.2, 0) is 23.9 Å². The van der Waals surface area contributed by atoms with Crippen LogP contribution < -0.4 is 0 Å². The van der Waals surface area contributed by atoms with E-state index in [1.54, 1.807) is 0 Å². The molecule has 1 aliphatic heterocycles. The maximum Gasteiger partial charge on any atom is 0.317 e. The fraction of sp³-hybridized carbons (Fsp3) is 0.400. The largest absolute Gasteiger partial charge is 0.480 e. The van der Waals surface area contributed by atoms with Crippen LogP contribution in [0.15, 0.2) is 12.2 Å². The molecule has 2 amide bonds. The Morgan fingerprint density at radius 3 is 2.00 bits per heavy atom. The minimum absolute atomic E-state index is 0.324. The van der Waals surface area contributed by atoms with Crippen molar-refractivity contribution in [3.05, 3.63) is 12.2 Å². The predicted octanol–water partition coefficient (Wildman–Crippen LogP) is -1.69. The lowest BCUT2D eigenvalue weighted by Crippen LogP contribution is -2.39. The summed E-state index contributed by atoms with van der Waals surface area (Å²) in [6.07, 6.45) is 2.16. The molecule has 0 unspecified atom stereocenters. The molecule has 0 saturated carbocycles. The molecule has 0 atom stereocenters. The summed E-state index contributed by atoms with van der Waals surface area (Å²) in [6, 6.07) is 0. The maximum atomic E-state index is 11.2. The van der Waals surface area contributed by atoms with Crippen molar-refractivity contribution in [2.45, 2.75) is 0 Å². The van der Waals surface area contributed by atoms with E-state index in [4.69, 9.17) is 14.9 Å². The van der Waals surface area contributed by atoms with Crippen molar-refractivity contribution >= 4 is 23.8 Å². The first-order valence-corrected chi connectivity index (χ1v) is 5.17. The molecule has 0 fully saturated rings. The topological polar surface area (TPSA) is 124 Å². The highest BCUT2D eigenvalue weighted by atomic mass is 16.5. The highest BCUT2D eigenvalue weighted by Crippen LogP contribution is 2.03. The number of aliphatic carboxylic acids is 2. The highest BCUT2D eigenvalue weighted by molar-refractivity contribution is 6.12. The number of carboxylic acid groups (broad SMARTS) is 2. The van der Waals surface area contributed by atoms with Gasteiger partial charge in [0.2, 0.25) is 0 Å². The SMILES string of the molecule is O=C(O)CN(COCN1C(=O)C=CC1=O)CC(=O)O. The summed E-state index contributed by atoms with van der Waals surface area (Å²) >= 11 is 0. The number of rotatable bonds is 8. The van der Waals surface area contributed by atoms with Crippen LogP contribution in [0.5, 0.6) is 0 Å². The summed E-state index contributed by atoms with van der Waals surface area (Å²) in [7, 11) is 0. The number of ether oxygens (including phenoxy) is 1. The van der Waals surface area contributed by atoms with Crippen molar-refractivity contribution in [1.82, 2.24) is 9.80 Å². The summed E-state index contributed by atoms with van der Waals surface area (Å²) in [5.41, 5.74) is 0. The Balaban J connectivity index is 2.39. The van der Waals surface area contributed by atoms with E-state index in [0.29, 0.717) is 0 Å². The summed E-state index contributed by atoms with van der Waals surface area (Å²) in [5, 5.41) is 17.1. The predicted molar refractivity (Wildman–Crippen MR) is 58.7 cm³/mol. The number of nitrogens with zero attached hydrogens (tertiary/aromatic N) is 2. The van der Waals surface area contributed by atoms with Gasteiger partial charge in [0.25, 0.3) is 11.8 Å². The van der Waals surface area contributed by atoms with Crippen LogP contribution >= 0.6 is 0 Å². The van der Waals surface area contributed by atoms with Crippen LogP contribution in [0.1, 0.15) is 0 Å². The molecule has 0 bridgehead atoms. The zero-order chi connectivity index (χ0) is 14.4. The first kappa shape index (κ1) is 14.8. The van der Waals surface area contributed by atoms with Gasteiger partial charge in [0.05, 0.1) is 13.1 Å². The number of carbonyl (C=O) groups is 4. The van der Waals surface area contributed by atoms with E-state index < -0.39 is 36.8 Å². The average Bonchev–Trinajstić information content (AvgIpc) is 2.58. The van der Waals surface area contributed by atoms with Crippen LogP contribution in [0.3, 0.4) is 0 Å². The first-order valence-electron chi connectivity index (χ1n) is 5.17. The van der Waals surface area contributed by atoms with Crippen LogP contribution in [0, 0.1) is 0 Å². The lowest BCUT2D eigenvalue weighted by molar-refractivity contribution is -0.151. The molecule has 9 nitrogen and oxygen atoms in total. The fourth-order valence-corrected chi connectivity index (χ4v) is 1.35. The number of carboxylic acids is 2. The third-order valence-electron chi connectivity index (χ3n) is 2.11. The molecule has 104 valence electrons. The third-order valence-corrected chi connectivity index (χ3v) is 2.11. The van der Waals surface area contributed by atoms with Crippen LogP contribution in [0.25, 0.3) is 0 Å². The Kier molecular flexibility index (Phi) is 5.15. The van der Waals surface area contributed by atoms with Crippen molar-refractivity contribution in [2.75, 3.05) is 26.6 Å². The van der Waals surface area contributed by atoms with E-state index in [0.717, 1.165) is 22.0 Å². The first-order chi connectivity index (χ1) is 8.90. The van der Waals surface area contributed by atoms with Crippen LogP contribution in [0.2, 0.25) is 0 Å².